The molecule has 0 aromatic heterocycles. The predicted octanol–water partition coefficient (Wildman–Crippen LogP) is 1.35. The molecule has 20 heavy (non-hydrogen) atoms. The summed E-state index contributed by atoms with van der Waals surface area (Å²) in [5.41, 5.74) is 0.959. The second kappa shape index (κ2) is 6.71. The molecular weight excluding hydrogens is 328 g/mol. The number of urea groups is 1. The van der Waals surface area contributed by atoms with Crippen LogP contribution in [0, 0.1) is 5.92 Å². The summed E-state index contributed by atoms with van der Waals surface area (Å²) in [5.74, 6) is -1.64. The molecule has 0 aliphatic carbocycles. The highest BCUT2D eigenvalue weighted by atomic mass is 79.9. The lowest BCUT2D eigenvalue weighted by Gasteiger charge is -2.16. The summed E-state index contributed by atoms with van der Waals surface area (Å²) in [7, 11) is 0. The minimum atomic E-state index is -0.958. The Bertz CT molecular complexity index is 492. The van der Waals surface area contributed by atoms with Crippen LogP contribution >= 0.6 is 15.9 Å². The Kier molecular flexibility index (Phi) is 4.97. The van der Waals surface area contributed by atoms with Gasteiger partial charge in [-0.25, -0.2) is 4.79 Å². The maximum atomic E-state index is 11.7. The van der Waals surface area contributed by atoms with Crippen molar-refractivity contribution in [1.29, 1.82) is 0 Å². The molecule has 108 valence electrons. The lowest BCUT2D eigenvalue weighted by molar-refractivity contribution is -0.142. The van der Waals surface area contributed by atoms with Crippen LogP contribution in [-0.2, 0) is 16.1 Å². The monoisotopic (exact) mass is 342 g/mol. The van der Waals surface area contributed by atoms with Crippen molar-refractivity contribution in [3.05, 3.63) is 34.3 Å². The van der Waals surface area contributed by atoms with Crippen LogP contribution in [0.5, 0.6) is 0 Å². The summed E-state index contributed by atoms with van der Waals surface area (Å²) in [6.45, 7) is 0.736. The van der Waals surface area contributed by atoms with Crippen molar-refractivity contribution < 1.29 is 19.4 Å². The molecule has 1 fully saturated rings. The molecule has 2 amide bonds. The summed E-state index contributed by atoms with van der Waals surface area (Å²) in [6.07, 6.45) is 0. The molecule has 0 saturated carbocycles. The van der Waals surface area contributed by atoms with E-state index in [2.05, 4.69) is 26.6 Å². The fraction of sp³-hybridized carbons (Fsp3) is 0.385. The van der Waals surface area contributed by atoms with Gasteiger partial charge in [-0.3, -0.25) is 4.79 Å². The number of aliphatic carboxylic acids is 1. The Labute approximate surface area is 124 Å². The van der Waals surface area contributed by atoms with Crippen LogP contribution in [0.3, 0.4) is 0 Å². The lowest BCUT2D eigenvalue weighted by Crippen LogP contribution is -2.47. The van der Waals surface area contributed by atoms with Crippen LogP contribution in [0.2, 0.25) is 0 Å². The average molecular weight is 343 g/mol. The first-order valence-corrected chi connectivity index (χ1v) is 6.95. The van der Waals surface area contributed by atoms with E-state index in [0.717, 1.165) is 10.0 Å². The van der Waals surface area contributed by atoms with Gasteiger partial charge in [0.05, 0.1) is 19.3 Å². The van der Waals surface area contributed by atoms with Crippen molar-refractivity contribution in [3.63, 3.8) is 0 Å². The third-order valence-corrected chi connectivity index (χ3v) is 3.61. The zero-order chi connectivity index (χ0) is 14.5. The number of carbonyl (C=O) groups excluding carboxylic acids is 1. The molecule has 0 spiro atoms. The van der Waals surface area contributed by atoms with Gasteiger partial charge in [-0.05, 0) is 17.7 Å². The quantitative estimate of drug-likeness (QED) is 0.770. The SMILES string of the molecule is O=C(NCc1ccc(Br)cc1)NC1COCC1C(=O)O. The van der Waals surface area contributed by atoms with E-state index in [1.54, 1.807) is 0 Å². The lowest BCUT2D eigenvalue weighted by atomic mass is 10.0. The van der Waals surface area contributed by atoms with Gasteiger partial charge in [-0.2, -0.15) is 0 Å². The van der Waals surface area contributed by atoms with Gasteiger partial charge in [-0.1, -0.05) is 28.1 Å². The van der Waals surface area contributed by atoms with E-state index in [0.29, 0.717) is 6.54 Å². The topological polar surface area (TPSA) is 87.7 Å². The van der Waals surface area contributed by atoms with Gasteiger partial charge in [0.2, 0.25) is 0 Å². The maximum Gasteiger partial charge on any atom is 0.315 e. The van der Waals surface area contributed by atoms with E-state index < -0.39 is 24.0 Å². The Balaban J connectivity index is 1.80. The number of amides is 2. The van der Waals surface area contributed by atoms with Crippen LogP contribution in [0.4, 0.5) is 4.79 Å². The van der Waals surface area contributed by atoms with Crippen LogP contribution in [-0.4, -0.2) is 36.4 Å². The highest BCUT2D eigenvalue weighted by Gasteiger charge is 2.34. The molecular formula is C13H15BrN2O4. The minimum Gasteiger partial charge on any atom is -0.481 e. The fourth-order valence-electron chi connectivity index (χ4n) is 1.94. The van der Waals surface area contributed by atoms with E-state index >= 15 is 0 Å². The van der Waals surface area contributed by atoms with Crippen molar-refractivity contribution in [1.82, 2.24) is 10.6 Å². The molecule has 0 radical (unpaired) electrons. The molecule has 0 bridgehead atoms. The Hall–Kier alpha value is -1.60. The van der Waals surface area contributed by atoms with Crippen molar-refractivity contribution in [2.24, 2.45) is 5.92 Å². The third-order valence-electron chi connectivity index (χ3n) is 3.08. The Morgan fingerprint density at radius 2 is 2.00 bits per heavy atom. The molecule has 7 heteroatoms. The first-order chi connectivity index (χ1) is 9.56. The second-order valence-electron chi connectivity index (χ2n) is 4.54. The average Bonchev–Trinajstić information content (AvgIpc) is 2.86. The molecule has 1 aliphatic heterocycles. The molecule has 1 aliphatic rings. The van der Waals surface area contributed by atoms with E-state index in [1.807, 2.05) is 24.3 Å². The number of nitrogens with one attached hydrogen (secondary N) is 2. The largest absolute Gasteiger partial charge is 0.481 e. The van der Waals surface area contributed by atoms with Crippen molar-refractivity contribution in [2.45, 2.75) is 12.6 Å². The van der Waals surface area contributed by atoms with Gasteiger partial charge in [0.25, 0.3) is 0 Å². The second-order valence-corrected chi connectivity index (χ2v) is 5.46. The molecule has 6 nitrogen and oxygen atoms in total. The summed E-state index contributed by atoms with van der Waals surface area (Å²) in [6, 6.07) is 6.68. The normalized spacial score (nSPS) is 21.4. The van der Waals surface area contributed by atoms with Crippen LogP contribution in [0.25, 0.3) is 0 Å². The number of carboxylic acids is 1. The molecule has 1 aromatic carbocycles. The smallest absolute Gasteiger partial charge is 0.315 e. The van der Waals surface area contributed by atoms with Gasteiger partial charge < -0.3 is 20.5 Å². The van der Waals surface area contributed by atoms with Gasteiger partial charge in [0, 0.05) is 11.0 Å². The van der Waals surface area contributed by atoms with Crippen LogP contribution in [0.1, 0.15) is 5.56 Å². The number of carbonyl (C=O) groups is 2. The molecule has 2 rings (SSSR count). The maximum absolute atomic E-state index is 11.7. The van der Waals surface area contributed by atoms with E-state index in [-0.39, 0.29) is 13.2 Å². The zero-order valence-corrected chi connectivity index (χ0v) is 12.2. The van der Waals surface area contributed by atoms with Crippen LogP contribution in [0.15, 0.2) is 28.7 Å². The number of benzene rings is 1. The Morgan fingerprint density at radius 1 is 1.30 bits per heavy atom. The first-order valence-electron chi connectivity index (χ1n) is 6.15. The molecule has 2 atom stereocenters. The fourth-order valence-corrected chi connectivity index (χ4v) is 2.21. The number of rotatable bonds is 4. The molecule has 2 unspecified atom stereocenters. The number of carboxylic acid groups (broad SMARTS) is 1. The number of ether oxygens (including phenoxy) is 1. The van der Waals surface area contributed by atoms with Gasteiger partial charge in [0.1, 0.15) is 5.92 Å². The molecule has 3 N–H and O–H groups in total. The van der Waals surface area contributed by atoms with E-state index in [1.165, 1.54) is 0 Å². The van der Waals surface area contributed by atoms with Gasteiger partial charge in [-0.15, -0.1) is 0 Å². The van der Waals surface area contributed by atoms with Crippen LogP contribution < -0.4 is 10.6 Å². The number of halogens is 1. The van der Waals surface area contributed by atoms with E-state index in [4.69, 9.17) is 9.84 Å². The highest BCUT2D eigenvalue weighted by molar-refractivity contribution is 9.10. The Morgan fingerprint density at radius 3 is 2.65 bits per heavy atom. The highest BCUT2D eigenvalue weighted by Crippen LogP contribution is 2.14. The first kappa shape index (κ1) is 14.8. The molecule has 1 aromatic rings. The number of hydrogen-bond donors (Lipinski definition) is 3. The van der Waals surface area contributed by atoms with Crippen molar-refractivity contribution in [3.8, 4) is 0 Å². The number of hydrogen-bond acceptors (Lipinski definition) is 3. The summed E-state index contributed by atoms with van der Waals surface area (Å²) in [4.78, 5) is 22.7. The predicted molar refractivity (Wildman–Crippen MR) is 75.2 cm³/mol. The van der Waals surface area contributed by atoms with Gasteiger partial charge >= 0.3 is 12.0 Å². The third kappa shape index (κ3) is 3.94. The minimum absolute atomic E-state index is 0.132. The summed E-state index contributed by atoms with van der Waals surface area (Å²) < 4.78 is 6.05. The van der Waals surface area contributed by atoms with Crippen molar-refractivity contribution >= 4 is 27.9 Å². The van der Waals surface area contributed by atoms with Gasteiger partial charge in [0.15, 0.2) is 0 Å². The van der Waals surface area contributed by atoms with E-state index in [9.17, 15) is 9.59 Å². The van der Waals surface area contributed by atoms with Crippen molar-refractivity contribution in [2.75, 3.05) is 13.2 Å². The molecule has 1 heterocycles. The summed E-state index contributed by atoms with van der Waals surface area (Å²) >= 11 is 3.33. The standard InChI is InChI=1S/C13H15BrN2O4/c14-9-3-1-8(2-4-9)5-15-13(19)16-11-7-20-6-10(11)12(17)18/h1-4,10-11H,5-7H2,(H,17,18)(H2,15,16,19). The summed E-state index contributed by atoms with van der Waals surface area (Å²) in [5, 5.41) is 14.3. The molecule has 1 saturated heterocycles. The zero-order valence-electron chi connectivity index (χ0n) is 10.6.